The van der Waals surface area contributed by atoms with Crippen LogP contribution in [0.15, 0.2) is 116 Å². The maximum Gasteiger partial charge on any atom is 0.0893 e. The summed E-state index contributed by atoms with van der Waals surface area (Å²) in [5.74, 6) is 0. The average Bonchev–Trinajstić information content (AvgIpc) is 3.38. The Hall–Kier alpha value is -4.96. The van der Waals surface area contributed by atoms with Crippen molar-refractivity contribution in [2.45, 2.75) is 19.3 Å². The van der Waals surface area contributed by atoms with Gasteiger partial charge >= 0.3 is 0 Å². The quantitative estimate of drug-likeness (QED) is 0.243. The van der Waals surface area contributed by atoms with E-state index in [1.807, 2.05) is 30.6 Å². The van der Waals surface area contributed by atoms with Gasteiger partial charge in [-0.2, -0.15) is 0 Å². The molecule has 0 unspecified atom stereocenters. The monoisotopic (exact) mass is 502 g/mol. The molecule has 1 aliphatic rings. The molecule has 4 nitrogen and oxygen atoms in total. The van der Waals surface area contributed by atoms with E-state index in [1.165, 1.54) is 38.4 Å². The van der Waals surface area contributed by atoms with E-state index in [2.05, 4.69) is 105 Å². The fraction of sp³-hybridized carbons (Fsp3) is 0.0857. The van der Waals surface area contributed by atoms with Crippen LogP contribution >= 0.6 is 0 Å². The van der Waals surface area contributed by atoms with Crippen molar-refractivity contribution in [1.82, 2.24) is 19.1 Å². The number of hydrogen-bond acceptors (Lipinski definition) is 2. The first-order chi connectivity index (χ1) is 19.4. The van der Waals surface area contributed by atoms with Gasteiger partial charge in [0.15, 0.2) is 0 Å². The topological polar surface area (TPSA) is 35.6 Å². The number of nitrogens with zero attached hydrogens (tertiary/aromatic N) is 4. The van der Waals surface area contributed by atoms with Gasteiger partial charge in [0.2, 0.25) is 0 Å². The molecule has 4 heterocycles. The van der Waals surface area contributed by atoms with Crippen LogP contribution in [0.5, 0.6) is 0 Å². The number of rotatable bonds is 3. The average molecular weight is 503 g/mol. The molecule has 4 heteroatoms. The summed E-state index contributed by atoms with van der Waals surface area (Å²) in [5.41, 5.74) is 10.3. The fourth-order valence-electron chi connectivity index (χ4n) is 6.21. The van der Waals surface area contributed by atoms with Gasteiger partial charge in [-0.3, -0.25) is 9.97 Å². The summed E-state index contributed by atoms with van der Waals surface area (Å²) in [6, 6.07) is 34.5. The Kier molecular flexibility index (Phi) is 4.99. The Morgan fingerprint density at radius 2 is 1.33 bits per heavy atom. The molecule has 4 aromatic heterocycles. The summed E-state index contributed by atoms with van der Waals surface area (Å²) < 4.78 is 4.81. The van der Waals surface area contributed by atoms with Gasteiger partial charge in [0.1, 0.15) is 0 Å². The van der Waals surface area contributed by atoms with E-state index in [0.29, 0.717) is 0 Å². The molecule has 7 aromatic rings. The zero-order valence-corrected chi connectivity index (χ0v) is 21.5. The number of hydrogen-bond donors (Lipinski definition) is 0. The number of fused-ring (bicyclic) bond motifs is 6. The summed E-state index contributed by atoms with van der Waals surface area (Å²) in [6.07, 6.45) is 11.7. The Balaban J connectivity index is 1.37. The van der Waals surface area contributed by atoms with Gasteiger partial charge in [-0.15, -0.1) is 0 Å². The highest BCUT2D eigenvalue weighted by Crippen LogP contribution is 2.37. The van der Waals surface area contributed by atoms with Crippen molar-refractivity contribution in [3.05, 3.63) is 127 Å². The van der Waals surface area contributed by atoms with Gasteiger partial charge in [-0.25, -0.2) is 0 Å². The zero-order valence-electron chi connectivity index (χ0n) is 21.5. The minimum atomic E-state index is 0.895. The molecule has 0 fully saturated rings. The van der Waals surface area contributed by atoms with E-state index in [9.17, 15) is 0 Å². The van der Waals surface area contributed by atoms with E-state index >= 15 is 0 Å². The van der Waals surface area contributed by atoms with E-state index in [-0.39, 0.29) is 0 Å². The van der Waals surface area contributed by atoms with Crippen LogP contribution in [0, 0.1) is 0 Å². The molecule has 3 aromatic carbocycles. The number of allylic oxidation sites excluding steroid dienone is 1. The van der Waals surface area contributed by atoms with Crippen LogP contribution in [0.2, 0.25) is 0 Å². The van der Waals surface area contributed by atoms with E-state index in [4.69, 9.17) is 4.98 Å². The van der Waals surface area contributed by atoms with Crippen molar-refractivity contribution in [3.63, 3.8) is 0 Å². The third-order valence-electron chi connectivity index (χ3n) is 7.92. The first-order valence-corrected chi connectivity index (χ1v) is 13.6. The van der Waals surface area contributed by atoms with Crippen molar-refractivity contribution in [2.24, 2.45) is 0 Å². The normalized spacial score (nSPS) is 13.2. The van der Waals surface area contributed by atoms with Crippen LogP contribution in [0.3, 0.4) is 0 Å². The molecule has 0 bridgehead atoms. The van der Waals surface area contributed by atoms with Gasteiger partial charge in [0.05, 0.1) is 34.1 Å². The Morgan fingerprint density at radius 3 is 2.10 bits per heavy atom. The molecular formula is C35H26N4. The van der Waals surface area contributed by atoms with Crippen molar-refractivity contribution < 1.29 is 0 Å². The minimum Gasteiger partial charge on any atom is -0.311 e. The largest absolute Gasteiger partial charge is 0.311 e. The van der Waals surface area contributed by atoms with Gasteiger partial charge in [-0.1, -0.05) is 60.7 Å². The van der Waals surface area contributed by atoms with Crippen LogP contribution in [-0.2, 0) is 6.42 Å². The maximum atomic E-state index is 4.87. The zero-order chi connectivity index (χ0) is 25.8. The molecule has 8 rings (SSSR count). The van der Waals surface area contributed by atoms with E-state index in [0.717, 1.165) is 47.5 Å². The lowest BCUT2D eigenvalue weighted by atomic mass is 10.1. The highest BCUT2D eigenvalue weighted by molar-refractivity contribution is 6.09. The summed E-state index contributed by atoms with van der Waals surface area (Å²) >= 11 is 0. The number of para-hydroxylation sites is 2. The number of benzene rings is 3. The summed E-state index contributed by atoms with van der Waals surface area (Å²) in [4.78, 5) is 9.42. The molecule has 0 atom stereocenters. The van der Waals surface area contributed by atoms with E-state index in [1.54, 1.807) is 0 Å². The summed E-state index contributed by atoms with van der Waals surface area (Å²) in [6.45, 7) is 0. The van der Waals surface area contributed by atoms with Crippen molar-refractivity contribution in [3.8, 4) is 22.8 Å². The summed E-state index contributed by atoms with van der Waals surface area (Å²) in [7, 11) is 0. The third-order valence-corrected chi connectivity index (χ3v) is 7.92. The van der Waals surface area contributed by atoms with E-state index < -0.39 is 0 Å². The van der Waals surface area contributed by atoms with Gasteiger partial charge < -0.3 is 9.13 Å². The lowest BCUT2D eigenvalue weighted by molar-refractivity contribution is 0.807. The molecule has 186 valence electrons. The third kappa shape index (κ3) is 3.45. The fourth-order valence-corrected chi connectivity index (χ4v) is 6.21. The number of aromatic nitrogens is 4. The highest BCUT2D eigenvalue weighted by Gasteiger charge is 2.20. The van der Waals surface area contributed by atoms with Crippen molar-refractivity contribution >= 4 is 38.8 Å². The summed E-state index contributed by atoms with van der Waals surface area (Å²) in [5, 5.41) is 3.77. The lowest BCUT2D eigenvalue weighted by Gasteiger charge is -2.14. The molecule has 0 radical (unpaired) electrons. The SMILES string of the molecule is C1=Cc2c(n(-c3cccc(-n4c5ccccc5c5ccccc54)c3)c3cnc(-c4ccccn4)cc23)CCC1. The molecule has 1 aliphatic carbocycles. The molecule has 0 saturated carbocycles. The lowest BCUT2D eigenvalue weighted by Crippen LogP contribution is -2.03. The van der Waals surface area contributed by atoms with Crippen LogP contribution in [-0.4, -0.2) is 19.1 Å². The molecule has 0 saturated heterocycles. The van der Waals surface area contributed by atoms with Gasteiger partial charge in [0, 0.05) is 45.0 Å². The standard InChI is InChI=1S/C35H26N4/c1-2-13-28-29-22-31(30-16-8-9-20-36-30)37-23-35(29)39(34(28)17-3-1)25-12-10-11-24(21-25)38-32-18-6-4-14-26(32)27-15-5-7-19-33(27)38/h2,4-16,18-23H,1,3,17H2. The second kappa shape index (κ2) is 8.81. The second-order valence-electron chi connectivity index (χ2n) is 10.2. The molecule has 0 spiro atoms. The Labute approximate surface area is 226 Å². The van der Waals surface area contributed by atoms with Crippen molar-refractivity contribution in [1.29, 1.82) is 0 Å². The molecule has 0 amide bonds. The predicted octanol–water partition coefficient (Wildman–Crippen LogP) is 8.53. The van der Waals surface area contributed by atoms with Crippen molar-refractivity contribution in [2.75, 3.05) is 0 Å². The maximum absolute atomic E-state index is 4.87. The van der Waals surface area contributed by atoms with Crippen LogP contribution < -0.4 is 0 Å². The minimum absolute atomic E-state index is 0.895. The number of pyridine rings is 2. The second-order valence-corrected chi connectivity index (χ2v) is 10.2. The molecule has 39 heavy (non-hydrogen) atoms. The Morgan fingerprint density at radius 1 is 0.590 bits per heavy atom. The first-order valence-electron chi connectivity index (χ1n) is 13.6. The smallest absolute Gasteiger partial charge is 0.0893 e. The van der Waals surface area contributed by atoms with Crippen LogP contribution in [0.1, 0.15) is 24.1 Å². The Bertz CT molecular complexity index is 1990. The highest BCUT2D eigenvalue weighted by atomic mass is 15.0. The molecule has 0 aliphatic heterocycles. The van der Waals surface area contributed by atoms with Crippen LogP contribution in [0.4, 0.5) is 0 Å². The van der Waals surface area contributed by atoms with Gasteiger partial charge in [0.25, 0.3) is 0 Å². The van der Waals surface area contributed by atoms with Crippen LogP contribution in [0.25, 0.3) is 61.5 Å². The first kappa shape index (κ1) is 22.1. The predicted molar refractivity (Wildman–Crippen MR) is 161 cm³/mol. The molecule has 0 N–H and O–H groups in total. The molecular weight excluding hydrogens is 476 g/mol. The van der Waals surface area contributed by atoms with Gasteiger partial charge in [-0.05, 0) is 67.8 Å².